The second-order valence-corrected chi connectivity index (χ2v) is 14.9. The van der Waals surface area contributed by atoms with Crippen LogP contribution in [0.2, 0.25) is 0 Å². The highest BCUT2D eigenvalue weighted by molar-refractivity contribution is 14.2. The molecule has 0 bridgehead atoms. The Balaban J connectivity index is 1.53. The lowest BCUT2D eigenvalue weighted by molar-refractivity contribution is 0.0414. The van der Waals surface area contributed by atoms with Gasteiger partial charge in [-0.05, 0) is 92.9 Å². The number of halogens is 1. The monoisotopic (exact) mass is 702 g/mol. The van der Waals surface area contributed by atoms with Crippen molar-refractivity contribution in [1.82, 2.24) is 12.9 Å². The van der Waals surface area contributed by atoms with Crippen LogP contribution in [0.3, 0.4) is 0 Å². The van der Waals surface area contributed by atoms with Crippen LogP contribution < -0.4 is 15.2 Å². The molecule has 2 aliphatic rings. The molecule has 0 radical (unpaired) electrons. The predicted molar refractivity (Wildman–Crippen MR) is 182 cm³/mol. The minimum absolute atomic E-state index is 0.0331. The maximum atomic E-state index is 14.4. The second-order valence-electron chi connectivity index (χ2n) is 12.1. The summed E-state index contributed by atoms with van der Waals surface area (Å²) >= 11 is -3.17. The Kier molecular flexibility index (Phi) is 11.2. The standard InChI is InChI=1S/C34H47IN4O4/c1-25(2)43-32-11-7-9-28(22-32)24-37-19-17-30(21-26(37)3)39(34(4)18-8-10-29(36)23-34)33(40)38(35(5)41)20-16-27-12-14-31(42-6)15-13-27/h7-15,18,22,25-26,30H,5,16-17,19-21,23-24,36H2,1-4,6H3/t26-,30+,34?/m0/s1. The van der Waals surface area contributed by atoms with Crippen molar-refractivity contribution >= 4 is 30.2 Å². The summed E-state index contributed by atoms with van der Waals surface area (Å²) < 4.78 is 29.7. The molecule has 1 heterocycles. The summed E-state index contributed by atoms with van der Waals surface area (Å²) in [6, 6.07) is 16.0. The van der Waals surface area contributed by atoms with Crippen LogP contribution in [0.5, 0.6) is 11.5 Å². The average Bonchev–Trinajstić information content (AvgIpc) is 2.94. The fourth-order valence-corrected chi connectivity index (χ4v) is 7.64. The quantitative estimate of drug-likeness (QED) is 0.211. The number of allylic oxidation sites excluding steroid dienone is 2. The number of urea groups is 1. The highest BCUT2D eigenvalue weighted by atomic mass is 127. The molecule has 1 fully saturated rings. The summed E-state index contributed by atoms with van der Waals surface area (Å²) in [7, 11) is 1.63. The van der Waals surface area contributed by atoms with Gasteiger partial charge in [-0.15, -0.1) is 0 Å². The van der Waals surface area contributed by atoms with Gasteiger partial charge in [-0.1, -0.05) is 36.4 Å². The third-order valence-electron chi connectivity index (χ3n) is 8.28. The molecular formula is C34H47IN4O4. The first-order valence-corrected chi connectivity index (χ1v) is 18.4. The van der Waals surface area contributed by atoms with Crippen LogP contribution in [0.4, 0.5) is 4.79 Å². The minimum atomic E-state index is -3.17. The number of benzene rings is 2. The van der Waals surface area contributed by atoms with Gasteiger partial charge in [-0.3, -0.25) is 7.97 Å². The summed E-state index contributed by atoms with van der Waals surface area (Å²) in [5, 5.41) is 0. The Morgan fingerprint density at radius 3 is 2.56 bits per heavy atom. The summed E-state index contributed by atoms with van der Waals surface area (Å²) in [4.78, 5) is 18.9. The van der Waals surface area contributed by atoms with Crippen molar-refractivity contribution in [2.24, 2.45) is 5.73 Å². The van der Waals surface area contributed by atoms with Crippen molar-refractivity contribution in [3.05, 3.63) is 83.6 Å². The molecule has 1 aliphatic carbocycles. The number of nitrogens with two attached hydrogens (primary N) is 1. The largest absolute Gasteiger partial charge is 0.497 e. The van der Waals surface area contributed by atoms with E-state index < -0.39 is 25.1 Å². The van der Waals surface area contributed by atoms with Gasteiger partial charge in [-0.2, -0.15) is 0 Å². The Labute approximate surface area is 264 Å². The van der Waals surface area contributed by atoms with Gasteiger partial charge in [0.2, 0.25) is 0 Å². The normalized spacial score (nSPS) is 22.3. The van der Waals surface area contributed by atoms with Crippen LogP contribution in [0.15, 0.2) is 72.5 Å². The Bertz CT molecular complexity index is 1380. The summed E-state index contributed by atoms with van der Waals surface area (Å²) in [5.74, 6) is 1.66. The Morgan fingerprint density at radius 2 is 1.93 bits per heavy atom. The van der Waals surface area contributed by atoms with E-state index in [1.54, 1.807) is 7.11 Å². The number of nitrogens with zero attached hydrogens (tertiary/aromatic N) is 3. The number of likely N-dealkylation sites (tertiary alicyclic amines) is 1. The number of ether oxygens (including phenoxy) is 2. The highest BCUT2D eigenvalue weighted by Gasteiger charge is 2.43. The molecule has 1 unspecified atom stereocenters. The van der Waals surface area contributed by atoms with E-state index in [0.717, 1.165) is 48.7 Å². The third kappa shape index (κ3) is 8.53. The first kappa shape index (κ1) is 32.9. The third-order valence-corrected chi connectivity index (χ3v) is 10.5. The van der Waals surface area contributed by atoms with Crippen LogP contribution in [0.1, 0.15) is 58.1 Å². The minimum Gasteiger partial charge on any atom is -0.497 e. The predicted octanol–water partition coefficient (Wildman–Crippen LogP) is 6.56. The molecule has 3 atom stereocenters. The van der Waals surface area contributed by atoms with Crippen LogP contribution in [-0.4, -0.2) is 67.4 Å². The molecule has 9 heteroatoms. The molecule has 2 amide bonds. The van der Waals surface area contributed by atoms with Crippen LogP contribution in [-0.2, 0) is 16.0 Å². The van der Waals surface area contributed by atoms with Crippen LogP contribution >= 0.6 is 19.6 Å². The number of carbonyl (C=O) groups excluding carboxylic acids is 1. The molecule has 2 aromatic carbocycles. The Morgan fingerprint density at radius 1 is 1.19 bits per heavy atom. The molecule has 0 saturated carbocycles. The molecule has 234 valence electrons. The van der Waals surface area contributed by atoms with Crippen LogP contribution in [0, 0.1) is 0 Å². The average molecular weight is 703 g/mol. The number of amides is 2. The highest BCUT2D eigenvalue weighted by Crippen LogP contribution is 2.36. The summed E-state index contributed by atoms with van der Waals surface area (Å²) in [6.07, 6.45) is 8.73. The van der Waals surface area contributed by atoms with Gasteiger partial charge < -0.3 is 20.1 Å². The van der Waals surface area contributed by atoms with E-state index in [2.05, 4.69) is 41.5 Å². The van der Waals surface area contributed by atoms with Gasteiger partial charge in [0.1, 0.15) is 11.5 Å². The van der Waals surface area contributed by atoms with E-state index in [0.29, 0.717) is 19.4 Å². The van der Waals surface area contributed by atoms with E-state index in [-0.39, 0.29) is 24.2 Å². The van der Waals surface area contributed by atoms with Gasteiger partial charge in [-0.25, -0.2) is 7.91 Å². The number of hydrogen-bond acceptors (Lipinski definition) is 6. The van der Waals surface area contributed by atoms with E-state index in [1.807, 2.05) is 67.3 Å². The lowest BCUT2D eigenvalue weighted by Crippen LogP contribution is -2.60. The molecule has 0 aromatic heterocycles. The van der Waals surface area contributed by atoms with E-state index in [9.17, 15) is 7.86 Å². The lowest BCUT2D eigenvalue weighted by Gasteiger charge is -2.50. The zero-order chi connectivity index (χ0) is 31.1. The fraction of sp³-hybridized carbons (Fsp3) is 0.471. The molecule has 0 spiro atoms. The second kappa shape index (κ2) is 14.6. The molecular weight excluding hydrogens is 655 g/mol. The number of hydrogen-bond donors (Lipinski definition) is 1. The van der Waals surface area contributed by atoms with Crippen molar-refractivity contribution in [3.8, 4) is 11.5 Å². The Hall–Kier alpha value is -3.05. The van der Waals surface area contributed by atoms with Gasteiger partial charge in [0.25, 0.3) is 0 Å². The number of carbonyl (C=O) groups is 1. The first-order valence-electron chi connectivity index (χ1n) is 15.0. The van der Waals surface area contributed by atoms with Gasteiger partial charge in [0, 0.05) is 43.8 Å². The van der Waals surface area contributed by atoms with Crippen molar-refractivity contribution in [2.75, 3.05) is 20.2 Å². The van der Waals surface area contributed by atoms with E-state index in [4.69, 9.17) is 15.2 Å². The zero-order valence-corrected chi connectivity index (χ0v) is 28.3. The van der Waals surface area contributed by atoms with E-state index >= 15 is 0 Å². The van der Waals surface area contributed by atoms with Gasteiger partial charge in [0.05, 0.1) is 18.8 Å². The number of rotatable bonds is 11. The van der Waals surface area contributed by atoms with Gasteiger partial charge >= 0.3 is 6.03 Å². The van der Waals surface area contributed by atoms with Crippen molar-refractivity contribution in [2.45, 2.75) is 83.6 Å². The van der Waals surface area contributed by atoms with E-state index in [1.165, 1.54) is 8.68 Å². The molecule has 8 nitrogen and oxygen atoms in total. The lowest BCUT2D eigenvalue weighted by atomic mass is 9.85. The van der Waals surface area contributed by atoms with Crippen LogP contribution in [0.25, 0.3) is 0 Å². The van der Waals surface area contributed by atoms with Gasteiger partial charge in [0.15, 0.2) is 19.6 Å². The molecule has 1 aliphatic heterocycles. The van der Waals surface area contributed by atoms with Crippen molar-refractivity contribution < 1.29 is 17.3 Å². The maximum absolute atomic E-state index is 14.4. The number of piperidine rings is 1. The maximum Gasteiger partial charge on any atom is 0.331 e. The topological polar surface area (TPSA) is 88.3 Å². The summed E-state index contributed by atoms with van der Waals surface area (Å²) in [6.45, 7) is 10.3. The smallest absolute Gasteiger partial charge is 0.331 e. The molecule has 2 aromatic rings. The molecule has 2 N–H and O–H groups in total. The fourth-order valence-electron chi connectivity index (χ4n) is 6.16. The number of methoxy groups -OCH3 is 1. The molecule has 43 heavy (non-hydrogen) atoms. The van der Waals surface area contributed by atoms with Crippen molar-refractivity contribution in [1.29, 1.82) is 0 Å². The SMILES string of the molecule is C=I(=O)N(CCc1ccc(OC)cc1)C(=O)N([C@@H]1CCN(Cc2cccc(OC(C)C)c2)[C@@H](C)C1)C1(C)C=CC=C(N)C1. The molecule has 4 rings (SSSR count). The zero-order valence-electron chi connectivity index (χ0n) is 26.2. The van der Waals surface area contributed by atoms with Crippen molar-refractivity contribution in [3.63, 3.8) is 0 Å². The summed E-state index contributed by atoms with van der Waals surface area (Å²) in [5.41, 5.74) is 8.67. The first-order chi connectivity index (χ1) is 20.5. The molecule has 1 saturated heterocycles.